The summed E-state index contributed by atoms with van der Waals surface area (Å²) in [6.07, 6.45) is 1.79. The lowest BCUT2D eigenvalue weighted by atomic mass is 10.0. The van der Waals surface area contributed by atoms with E-state index >= 15 is 0 Å². The Morgan fingerprint density at radius 3 is 2.52 bits per heavy atom. The molecule has 2 N–H and O–H groups in total. The van der Waals surface area contributed by atoms with Gasteiger partial charge >= 0.3 is 0 Å². The maximum absolute atomic E-state index is 5.22. The van der Waals surface area contributed by atoms with Crippen LogP contribution in [0.2, 0.25) is 0 Å². The number of hydrogen-bond acceptors (Lipinski definition) is 3. The van der Waals surface area contributed by atoms with Gasteiger partial charge in [0.05, 0.1) is 6.21 Å². The van der Waals surface area contributed by atoms with E-state index in [0.29, 0.717) is 11.0 Å². The van der Waals surface area contributed by atoms with Crippen LogP contribution in [0.3, 0.4) is 0 Å². The van der Waals surface area contributed by atoms with Crippen LogP contribution in [0.4, 0.5) is 5.69 Å². The zero-order chi connectivity index (χ0) is 15.2. The first kappa shape index (κ1) is 15.7. The van der Waals surface area contributed by atoms with Crippen molar-refractivity contribution in [1.82, 2.24) is 5.43 Å². The van der Waals surface area contributed by atoms with Crippen LogP contribution in [-0.2, 0) is 0 Å². The first-order chi connectivity index (χ1) is 10.1. The van der Waals surface area contributed by atoms with Crippen LogP contribution in [0.5, 0.6) is 0 Å². The summed E-state index contributed by atoms with van der Waals surface area (Å²) in [5.74, 6) is 0.530. The van der Waals surface area contributed by atoms with Crippen LogP contribution in [0, 0.1) is 6.92 Å². The Morgan fingerprint density at radius 1 is 1.24 bits per heavy atom. The quantitative estimate of drug-likeness (QED) is 0.495. The summed E-state index contributed by atoms with van der Waals surface area (Å²) in [6.45, 7) is 6.41. The van der Waals surface area contributed by atoms with Gasteiger partial charge in [-0.15, -0.1) is 11.3 Å². The molecule has 0 saturated heterocycles. The van der Waals surface area contributed by atoms with Crippen LogP contribution >= 0.6 is 23.6 Å². The number of aryl methyl sites for hydroxylation is 1. The van der Waals surface area contributed by atoms with Gasteiger partial charge in [0.25, 0.3) is 0 Å². The molecule has 0 aliphatic rings. The number of anilines is 1. The van der Waals surface area contributed by atoms with Gasteiger partial charge in [0, 0.05) is 10.6 Å². The van der Waals surface area contributed by atoms with Crippen LogP contribution in [0.1, 0.15) is 35.8 Å². The van der Waals surface area contributed by atoms with Crippen LogP contribution < -0.4 is 10.7 Å². The first-order valence-electron chi connectivity index (χ1n) is 6.80. The van der Waals surface area contributed by atoms with Gasteiger partial charge in [0.1, 0.15) is 0 Å². The molecular weight excluding hydrogens is 298 g/mol. The third-order valence-electron chi connectivity index (χ3n) is 3.08. The predicted octanol–water partition coefficient (Wildman–Crippen LogP) is 4.50. The highest BCUT2D eigenvalue weighted by Gasteiger charge is 2.00. The number of nitrogens with zero attached hydrogens (tertiary/aromatic N) is 1. The normalized spacial score (nSPS) is 11.0. The van der Waals surface area contributed by atoms with E-state index in [9.17, 15) is 0 Å². The van der Waals surface area contributed by atoms with Crippen molar-refractivity contribution in [1.29, 1.82) is 0 Å². The molecular formula is C16H19N3S2. The SMILES string of the molecule is Cc1ccsc1/C=N\NC(=S)Nc1ccc(C(C)C)cc1. The Labute approximate surface area is 135 Å². The Bertz CT molecular complexity index is 627. The number of nitrogens with one attached hydrogen (secondary N) is 2. The van der Waals surface area contributed by atoms with E-state index in [0.717, 1.165) is 10.6 Å². The van der Waals surface area contributed by atoms with E-state index in [1.54, 1.807) is 17.6 Å². The van der Waals surface area contributed by atoms with Crippen molar-refractivity contribution < 1.29 is 0 Å². The largest absolute Gasteiger partial charge is 0.331 e. The number of thiocarbonyl (C=S) groups is 1. The molecule has 0 radical (unpaired) electrons. The van der Waals surface area contributed by atoms with E-state index in [4.69, 9.17) is 12.2 Å². The molecule has 0 aliphatic carbocycles. The topological polar surface area (TPSA) is 36.4 Å². The molecule has 0 saturated carbocycles. The molecule has 3 nitrogen and oxygen atoms in total. The van der Waals surface area contributed by atoms with Crippen molar-refractivity contribution in [2.75, 3.05) is 5.32 Å². The Balaban J connectivity index is 1.87. The summed E-state index contributed by atoms with van der Waals surface area (Å²) >= 11 is 6.87. The van der Waals surface area contributed by atoms with E-state index in [1.165, 1.54) is 11.1 Å². The van der Waals surface area contributed by atoms with E-state index < -0.39 is 0 Å². The van der Waals surface area contributed by atoms with Gasteiger partial charge in [-0.25, -0.2) is 0 Å². The van der Waals surface area contributed by atoms with Crippen molar-refractivity contribution in [2.24, 2.45) is 5.10 Å². The van der Waals surface area contributed by atoms with Crippen molar-refractivity contribution in [3.8, 4) is 0 Å². The molecule has 110 valence electrons. The van der Waals surface area contributed by atoms with Crippen molar-refractivity contribution in [3.63, 3.8) is 0 Å². The Morgan fingerprint density at radius 2 is 1.95 bits per heavy atom. The van der Waals surface area contributed by atoms with Crippen molar-refractivity contribution in [2.45, 2.75) is 26.7 Å². The monoisotopic (exact) mass is 317 g/mol. The van der Waals surface area contributed by atoms with Crippen LogP contribution in [0.25, 0.3) is 0 Å². The lowest BCUT2D eigenvalue weighted by Crippen LogP contribution is -2.23. The number of hydrazone groups is 1. The molecule has 1 heterocycles. The van der Waals surface area contributed by atoms with Crippen LogP contribution in [-0.4, -0.2) is 11.3 Å². The third kappa shape index (κ3) is 4.65. The molecule has 1 aromatic heterocycles. The summed E-state index contributed by atoms with van der Waals surface area (Å²) in [5, 5.41) is 9.79. The fraction of sp³-hybridized carbons (Fsp3) is 0.250. The summed E-state index contributed by atoms with van der Waals surface area (Å²) in [7, 11) is 0. The maximum Gasteiger partial charge on any atom is 0.191 e. The molecule has 0 atom stereocenters. The summed E-state index contributed by atoms with van der Waals surface area (Å²) < 4.78 is 0. The molecule has 2 aromatic rings. The third-order valence-corrected chi connectivity index (χ3v) is 4.23. The van der Waals surface area contributed by atoms with Crippen molar-refractivity contribution in [3.05, 3.63) is 51.7 Å². The highest BCUT2D eigenvalue weighted by atomic mass is 32.1. The second-order valence-electron chi connectivity index (χ2n) is 5.07. The Hall–Kier alpha value is -1.72. The average Bonchev–Trinajstić information content (AvgIpc) is 2.85. The smallest absolute Gasteiger partial charge is 0.191 e. The van der Waals surface area contributed by atoms with Crippen molar-refractivity contribution >= 4 is 40.6 Å². The number of hydrogen-bond donors (Lipinski definition) is 2. The van der Waals surface area contributed by atoms with Crippen LogP contribution in [0.15, 0.2) is 40.8 Å². The number of rotatable bonds is 4. The second-order valence-corrected chi connectivity index (χ2v) is 6.42. The average molecular weight is 317 g/mol. The molecule has 2 rings (SSSR count). The minimum Gasteiger partial charge on any atom is -0.331 e. The fourth-order valence-electron chi connectivity index (χ4n) is 1.78. The molecule has 0 amide bonds. The highest BCUT2D eigenvalue weighted by Crippen LogP contribution is 2.17. The van der Waals surface area contributed by atoms with Gasteiger partial charge in [-0.2, -0.15) is 5.10 Å². The zero-order valence-corrected chi connectivity index (χ0v) is 14.0. The molecule has 5 heteroatoms. The molecule has 0 bridgehead atoms. The van der Waals surface area contributed by atoms with E-state index in [-0.39, 0.29) is 0 Å². The van der Waals surface area contributed by atoms with Gasteiger partial charge in [0.2, 0.25) is 0 Å². The van der Waals surface area contributed by atoms with E-state index in [1.807, 2.05) is 17.5 Å². The maximum atomic E-state index is 5.22. The lowest BCUT2D eigenvalue weighted by molar-refractivity contribution is 0.867. The Kier molecular flexibility index (Phi) is 5.47. The standard InChI is InChI=1S/C16H19N3S2/c1-11(2)13-4-6-14(7-5-13)18-16(20)19-17-10-15-12(3)8-9-21-15/h4-11H,1-3H3,(H2,18,19,20)/b17-10-. The molecule has 0 spiro atoms. The minimum absolute atomic E-state index is 0.484. The number of thiophene rings is 1. The molecule has 0 aliphatic heterocycles. The zero-order valence-electron chi connectivity index (χ0n) is 12.4. The highest BCUT2D eigenvalue weighted by molar-refractivity contribution is 7.80. The molecule has 0 unspecified atom stereocenters. The first-order valence-corrected chi connectivity index (χ1v) is 8.09. The fourth-order valence-corrected chi connectivity index (χ4v) is 2.73. The van der Waals surface area contributed by atoms with Gasteiger partial charge in [-0.05, 0) is 59.8 Å². The summed E-state index contributed by atoms with van der Waals surface area (Å²) in [6, 6.07) is 10.3. The second kappa shape index (κ2) is 7.33. The predicted molar refractivity (Wildman–Crippen MR) is 96.5 cm³/mol. The van der Waals surface area contributed by atoms with Gasteiger partial charge in [-0.1, -0.05) is 26.0 Å². The van der Waals surface area contributed by atoms with E-state index in [2.05, 4.69) is 54.8 Å². The lowest BCUT2D eigenvalue weighted by Gasteiger charge is -2.09. The number of benzene rings is 1. The molecule has 21 heavy (non-hydrogen) atoms. The summed E-state index contributed by atoms with van der Waals surface area (Å²) in [5.41, 5.74) is 6.32. The molecule has 0 fully saturated rings. The van der Waals surface area contributed by atoms with Gasteiger partial charge in [-0.3, -0.25) is 5.43 Å². The van der Waals surface area contributed by atoms with Gasteiger partial charge in [0.15, 0.2) is 5.11 Å². The summed E-state index contributed by atoms with van der Waals surface area (Å²) in [4.78, 5) is 1.13. The molecule has 1 aromatic carbocycles. The minimum atomic E-state index is 0.484. The van der Waals surface area contributed by atoms with Gasteiger partial charge < -0.3 is 5.32 Å².